The van der Waals surface area contributed by atoms with Crippen LogP contribution in [0.2, 0.25) is 0 Å². The largest absolute Gasteiger partial charge is 0.364 e. The van der Waals surface area contributed by atoms with Crippen molar-refractivity contribution in [2.24, 2.45) is 14.1 Å². The fourth-order valence-corrected chi connectivity index (χ4v) is 7.02. The summed E-state index contributed by atoms with van der Waals surface area (Å²) in [4.78, 5) is 36.9. The predicted octanol–water partition coefficient (Wildman–Crippen LogP) is 2.62. The molecule has 0 saturated heterocycles. The van der Waals surface area contributed by atoms with Crippen LogP contribution < -0.4 is 15.5 Å². The minimum Gasteiger partial charge on any atom is -0.364 e. The van der Waals surface area contributed by atoms with Crippen LogP contribution in [0.3, 0.4) is 0 Å². The zero-order valence-corrected chi connectivity index (χ0v) is 27.1. The number of carbonyl (C=O) groups excluding carboxylic acids is 2. The first-order chi connectivity index (χ1) is 21.3. The Hall–Kier alpha value is -4.49. The highest BCUT2D eigenvalue weighted by Crippen LogP contribution is 2.33. The lowest BCUT2D eigenvalue weighted by atomic mass is 9.95. The fraction of sp³-hybridized carbons (Fsp3) is 0.375. The van der Waals surface area contributed by atoms with Crippen LogP contribution in [0.15, 0.2) is 78.6 Å². The summed E-state index contributed by atoms with van der Waals surface area (Å²) < 4.78 is 32.9. The molecule has 0 bridgehead atoms. The monoisotopic (exact) mass is 632 g/mol. The first-order valence-electron chi connectivity index (χ1n) is 14.8. The van der Waals surface area contributed by atoms with Gasteiger partial charge in [0.05, 0.1) is 31.4 Å². The number of aryl methyl sites for hydroxylation is 2. The minimum absolute atomic E-state index is 0.133. The summed E-state index contributed by atoms with van der Waals surface area (Å²) in [5, 5.41) is 5.73. The molecule has 5 rings (SSSR count). The maximum atomic E-state index is 14.1. The van der Waals surface area contributed by atoms with Gasteiger partial charge < -0.3 is 24.7 Å². The Morgan fingerprint density at radius 2 is 1.82 bits per heavy atom. The fourth-order valence-electron chi connectivity index (χ4n) is 5.48. The van der Waals surface area contributed by atoms with Gasteiger partial charge in [0.2, 0.25) is 5.91 Å². The Morgan fingerprint density at radius 3 is 2.47 bits per heavy atom. The van der Waals surface area contributed by atoms with E-state index in [0.717, 1.165) is 22.5 Å². The molecule has 3 heterocycles. The van der Waals surface area contributed by atoms with Gasteiger partial charge in [-0.15, -0.1) is 0 Å². The second-order valence-electron chi connectivity index (χ2n) is 12.5. The Kier molecular flexibility index (Phi) is 9.12. The molecular formula is C32H40N8O4S. The minimum atomic E-state index is -4.18. The second-order valence-corrected chi connectivity index (χ2v) is 14.3. The quantitative estimate of drug-likeness (QED) is 0.275. The van der Waals surface area contributed by atoms with Crippen molar-refractivity contribution in [3.63, 3.8) is 0 Å². The van der Waals surface area contributed by atoms with E-state index in [-0.39, 0.29) is 17.5 Å². The molecule has 4 aromatic rings. The summed E-state index contributed by atoms with van der Waals surface area (Å²) in [6.45, 7) is 6.30. The molecule has 1 unspecified atom stereocenters. The maximum absolute atomic E-state index is 14.1. The Labute approximate surface area is 264 Å². The van der Waals surface area contributed by atoms with E-state index in [9.17, 15) is 18.0 Å². The van der Waals surface area contributed by atoms with Crippen molar-refractivity contribution < 1.29 is 18.0 Å². The number of sulfonamides is 1. The Balaban J connectivity index is 1.50. The standard InChI is InChI=1S/C32H40N8O4S/c1-32(2,3)36-29(41)19-40(45(43,44)30-20-37(4)22-35-30)26-14-25-13-24(31(42)34-15-23-9-7-6-8-10-23)11-12-28(25)39(17-26)18-27-16-33-21-38(27)5/h6-13,16,20-22,26H,14-15,17-19H2,1-5H3,(H,34,42)(H,36,41). The molecule has 45 heavy (non-hydrogen) atoms. The van der Waals surface area contributed by atoms with Gasteiger partial charge in [0.25, 0.3) is 15.9 Å². The number of nitrogens with zero attached hydrogens (tertiary/aromatic N) is 6. The number of hydrogen-bond acceptors (Lipinski definition) is 7. The average Bonchev–Trinajstić information content (AvgIpc) is 3.61. The summed E-state index contributed by atoms with van der Waals surface area (Å²) in [5.41, 5.74) is 3.52. The Morgan fingerprint density at radius 1 is 1.07 bits per heavy atom. The molecule has 13 heteroatoms. The van der Waals surface area contributed by atoms with E-state index in [2.05, 4.69) is 25.5 Å². The van der Waals surface area contributed by atoms with E-state index in [1.54, 1.807) is 30.2 Å². The zero-order chi connectivity index (χ0) is 32.4. The van der Waals surface area contributed by atoms with Crippen LogP contribution in [0, 0.1) is 0 Å². The predicted molar refractivity (Wildman–Crippen MR) is 171 cm³/mol. The van der Waals surface area contributed by atoms with Gasteiger partial charge in [0, 0.05) is 62.4 Å². The van der Waals surface area contributed by atoms with Crippen LogP contribution in [0.25, 0.3) is 0 Å². The normalized spacial score (nSPS) is 15.2. The van der Waals surface area contributed by atoms with E-state index in [0.29, 0.717) is 31.6 Å². The van der Waals surface area contributed by atoms with Crippen molar-refractivity contribution in [2.45, 2.75) is 56.9 Å². The third-order valence-corrected chi connectivity index (χ3v) is 9.39. The van der Waals surface area contributed by atoms with Crippen LogP contribution in [-0.2, 0) is 48.4 Å². The molecule has 2 aromatic heterocycles. The first kappa shape index (κ1) is 31.9. The molecule has 1 aliphatic heterocycles. The van der Waals surface area contributed by atoms with Gasteiger partial charge in [-0.1, -0.05) is 30.3 Å². The van der Waals surface area contributed by atoms with E-state index in [4.69, 9.17) is 0 Å². The van der Waals surface area contributed by atoms with E-state index in [1.807, 2.05) is 74.9 Å². The van der Waals surface area contributed by atoms with Crippen molar-refractivity contribution in [3.05, 3.63) is 96.0 Å². The van der Waals surface area contributed by atoms with E-state index >= 15 is 0 Å². The van der Waals surface area contributed by atoms with Crippen LogP contribution in [0.5, 0.6) is 0 Å². The summed E-state index contributed by atoms with van der Waals surface area (Å²) in [6, 6.07) is 14.5. The van der Waals surface area contributed by atoms with Crippen LogP contribution in [-0.4, -0.2) is 68.3 Å². The molecule has 0 radical (unpaired) electrons. The van der Waals surface area contributed by atoms with Crippen molar-refractivity contribution >= 4 is 27.5 Å². The number of rotatable bonds is 10. The van der Waals surface area contributed by atoms with Gasteiger partial charge in [-0.3, -0.25) is 9.59 Å². The van der Waals surface area contributed by atoms with Crippen LogP contribution in [0.4, 0.5) is 5.69 Å². The van der Waals surface area contributed by atoms with Crippen molar-refractivity contribution in [1.82, 2.24) is 34.0 Å². The van der Waals surface area contributed by atoms with Gasteiger partial charge in [0.15, 0.2) is 5.03 Å². The highest BCUT2D eigenvalue weighted by atomic mass is 32.2. The van der Waals surface area contributed by atoms with Crippen molar-refractivity contribution in [1.29, 1.82) is 0 Å². The SMILES string of the molecule is Cn1cnc(S(=O)(=O)N(CC(=O)NC(C)(C)C)C2Cc3cc(C(=O)NCc4ccccc4)ccc3N(Cc3cncn3C)C2)c1. The lowest BCUT2D eigenvalue weighted by molar-refractivity contribution is -0.123. The molecule has 2 N–H and O–H groups in total. The number of fused-ring (bicyclic) bond motifs is 1. The number of carbonyl (C=O) groups is 2. The highest BCUT2D eigenvalue weighted by Gasteiger charge is 2.39. The number of imidazole rings is 2. The molecule has 1 aliphatic rings. The molecule has 12 nitrogen and oxygen atoms in total. The summed E-state index contributed by atoms with van der Waals surface area (Å²) in [7, 11) is -0.579. The second kappa shape index (κ2) is 12.9. The van der Waals surface area contributed by atoms with Crippen LogP contribution >= 0.6 is 0 Å². The summed E-state index contributed by atoms with van der Waals surface area (Å²) >= 11 is 0. The number of anilines is 1. The summed E-state index contributed by atoms with van der Waals surface area (Å²) in [6.07, 6.45) is 6.64. The molecule has 1 atom stereocenters. The summed E-state index contributed by atoms with van der Waals surface area (Å²) in [5.74, 6) is -0.649. The zero-order valence-electron chi connectivity index (χ0n) is 26.3. The first-order valence-corrected chi connectivity index (χ1v) is 16.2. The maximum Gasteiger partial charge on any atom is 0.262 e. The van der Waals surface area contributed by atoms with Gasteiger partial charge in [-0.25, -0.2) is 18.4 Å². The third kappa shape index (κ3) is 7.60. The smallest absolute Gasteiger partial charge is 0.262 e. The van der Waals surface area contributed by atoms with Crippen LogP contribution in [0.1, 0.15) is 48.0 Å². The molecule has 238 valence electrons. The lowest BCUT2D eigenvalue weighted by Gasteiger charge is -2.40. The molecule has 2 amide bonds. The van der Waals surface area contributed by atoms with Gasteiger partial charge in [0.1, 0.15) is 0 Å². The van der Waals surface area contributed by atoms with Gasteiger partial charge in [-0.2, -0.15) is 4.31 Å². The van der Waals surface area contributed by atoms with Gasteiger partial charge >= 0.3 is 0 Å². The number of benzene rings is 2. The highest BCUT2D eigenvalue weighted by molar-refractivity contribution is 7.89. The van der Waals surface area contributed by atoms with E-state index < -0.39 is 27.5 Å². The van der Waals surface area contributed by atoms with Crippen molar-refractivity contribution in [2.75, 3.05) is 18.0 Å². The molecule has 0 aliphatic carbocycles. The van der Waals surface area contributed by atoms with E-state index in [1.165, 1.54) is 16.8 Å². The number of nitrogens with one attached hydrogen (secondary N) is 2. The van der Waals surface area contributed by atoms with Crippen molar-refractivity contribution in [3.8, 4) is 0 Å². The third-order valence-electron chi connectivity index (χ3n) is 7.61. The molecule has 0 saturated carbocycles. The molecular weight excluding hydrogens is 592 g/mol. The van der Waals surface area contributed by atoms with Gasteiger partial charge in [-0.05, 0) is 56.5 Å². The average molecular weight is 633 g/mol. The molecule has 0 fully saturated rings. The number of hydrogen-bond donors (Lipinski definition) is 2. The molecule has 0 spiro atoms. The molecule has 2 aromatic carbocycles. The Bertz CT molecular complexity index is 1780. The number of aromatic nitrogens is 4. The number of amides is 2. The lowest BCUT2D eigenvalue weighted by Crippen LogP contribution is -2.55. The topological polar surface area (TPSA) is 134 Å².